The fourth-order valence-electron chi connectivity index (χ4n) is 3.43. The molecule has 2 N–H and O–H groups in total. The third-order valence-corrected chi connectivity index (χ3v) is 5.05. The second-order valence-corrected chi connectivity index (χ2v) is 7.11. The zero-order valence-corrected chi connectivity index (χ0v) is 17.4. The van der Waals surface area contributed by atoms with Crippen LogP contribution in [0.3, 0.4) is 0 Å². The number of nitrogen functional groups attached to an aromatic ring is 1. The van der Waals surface area contributed by atoms with E-state index in [2.05, 4.69) is 35.0 Å². The van der Waals surface area contributed by atoms with Crippen LogP contribution in [0.2, 0.25) is 0 Å². The van der Waals surface area contributed by atoms with E-state index in [1.54, 1.807) is 11.1 Å². The molecule has 11 heteroatoms. The summed E-state index contributed by atoms with van der Waals surface area (Å²) in [5.41, 5.74) is 8.35. The number of aromatic nitrogens is 6. The first-order chi connectivity index (χ1) is 15.7. The summed E-state index contributed by atoms with van der Waals surface area (Å²) in [7, 11) is 1.85. The zero-order chi connectivity index (χ0) is 21.9. The Kier molecular flexibility index (Phi) is 5.30. The van der Waals surface area contributed by atoms with E-state index in [9.17, 15) is 0 Å². The van der Waals surface area contributed by atoms with Crippen molar-refractivity contribution in [2.75, 3.05) is 48.9 Å². The van der Waals surface area contributed by atoms with Gasteiger partial charge in [0.15, 0.2) is 5.69 Å². The van der Waals surface area contributed by atoms with Crippen LogP contribution in [0.1, 0.15) is 0 Å². The molecule has 0 spiro atoms. The molecule has 0 bridgehead atoms. The van der Waals surface area contributed by atoms with Crippen molar-refractivity contribution in [1.29, 1.82) is 0 Å². The van der Waals surface area contributed by atoms with Gasteiger partial charge in [-0.1, -0.05) is 23.4 Å². The number of para-hydroxylation sites is 1. The fraction of sp³-hybridized carbons (Fsp3) is 0.238. The van der Waals surface area contributed by atoms with Gasteiger partial charge in [-0.15, -0.1) is 0 Å². The predicted molar refractivity (Wildman–Crippen MR) is 118 cm³/mol. The van der Waals surface area contributed by atoms with Crippen molar-refractivity contribution in [2.24, 2.45) is 0 Å². The summed E-state index contributed by atoms with van der Waals surface area (Å²) in [4.78, 5) is 25.9. The molecule has 0 aliphatic carbocycles. The van der Waals surface area contributed by atoms with Crippen molar-refractivity contribution in [3.05, 3.63) is 48.7 Å². The molecule has 0 radical (unpaired) electrons. The smallest absolute Gasteiger partial charge is 0.279 e. The maximum Gasteiger partial charge on any atom is 0.279 e. The summed E-state index contributed by atoms with van der Waals surface area (Å²) in [6.45, 7) is 2.84. The van der Waals surface area contributed by atoms with Crippen LogP contribution in [0.5, 0.6) is 0 Å². The average Bonchev–Trinajstić information content (AvgIpc) is 3.35. The SMILES string of the molecule is CN(c1ccccc1)c1nc(N)nc(-c2noc(-c3ncccc3N3CCOCC3)n2)n1. The maximum atomic E-state index is 5.95. The molecule has 1 fully saturated rings. The number of anilines is 4. The van der Waals surface area contributed by atoms with Crippen LogP contribution in [0.25, 0.3) is 23.2 Å². The second kappa shape index (κ2) is 8.55. The minimum atomic E-state index is 0.0611. The second-order valence-electron chi connectivity index (χ2n) is 7.11. The molecule has 0 saturated carbocycles. The molecule has 162 valence electrons. The summed E-state index contributed by atoms with van der Waals surface area (Å²) >= 11 is 0. The van der Waals surface area contributed by atoms with Crippen molar-refractivity contribution in [3.63, 3.8) is 0 Å². The monoisotopic (exact) mass is 431 g/mol. The van der Waals surface area contributed by atoms with Crippen molar-refractivity contribution in [2.45, 2.75) is 0 Å². The van der Waals surface area contributed by atoms with Crippen LogP contribution in [0, 0.1) is 0 Å². The van der Waals surface area contributed by atoms with Crippen molar-refractivity contribution in [1.82, 2.24) is 30.1 Å². The topological polar surface area (TPSA) is 132 Å². The summed E-state index contributed by atoms with van der Waals surface area (Å²) < 4.78 is 11.0. The number of pyridine rings is 1. The Hall–Kier alpha value is -4.12. The Balaban J connectivity index is 1.48. The van der Waals surface area contributed by atoms with E-state index in [-0.39, 0.29) is 23.5 Å². The van der Waals surface area contributed by atoms with Gasteiger partial charge in [0.1, 0.15) is 0 Å². The van der Waals surface area contributed by atoms with Gasteiger partial charge in [-0.05, 0) is 24.3 Å². The Bertz CT molecular complexity index is 1210. The molecular weight excluding hydrogens is 410 g/mol. The molecule has 4 aromatic rings. The Morgan fingerprint density at radius 1 is 0.938 bits per heavy atom. The largest absolute Gasteiger partial charge is 0.378 e. The highest BCUT2D eigenvalue weighted by Gasteiger charge is 2.22. The number of hydrogen-bond acceptors (Lipinski definition) is 11. The lowest BCUT2D eigenvalue weighted by atomic mass is 10.2. The van der Waals surface area contributed by atoms with Gasteiger partial charge in [-0.2, -0.15) is 19.9 Å². The van der Waals surface area contributed by atoms with E-state index in [1.165, 1.54) is 0 Å². The van der Waals surface area contributed by atoms with Crippen molar-refractivity contribution in [3.8, 4) is 23.2 Å². The number of hydrogen-bond donors (Lipinski definition) is 1. The van der Waals surface area contributed by atoms with Gasteiger partial charge in [-0.3, -0.25) is 0 Å². The molecule has 0 atom stereocenters. The summed E-state index contributed by atoms with van der Waals surface area (Å²) in [5.74, 6) is 1.13. The summed E-state index contributed by atoms with van der Waals surface area (Å²) in [6.07, 6.45) is 1.69. The number of rotatable bonds is 5. The lowest BCUT2D eigenvalue weighted by Crippen LogP contribution is -2.36. The van der Waals surface area contributed by atoms with Crippen LogP contribution in [-0.4, -0.2) is 63.4 Å². The van der Waals surface area contributed by atoms with Crippen LogP contribution < -0.4 is 15.5 Å². The first-order valence-electron chi connectivity index (χ1n) is 10.1. The molecule has 0 unspecified atom stereocenters. The van der Waals surface area contributed by atoms with E-state index < -0.39 is 0 Å². The highest BCUT2D eigenvalue weighted by molar-refractivity contribution is 5.70. The van der Waals surface area contributed by atoms with Crippen molar-refractivity contribution >= 4 is 23.3 Å². The molecule has 5 rings (SSSR count). The number of ether oxygens (including phenoxy) is 1. The molecule has 1 aliphatic heterocycles. The van der Waals surface area contributed by atoms with E-state index >= 15 is 0 Å². The molecule has 0 amide bonds. The van der Waals surface area contributed by atoms with Gasteiger partial charge in [0.05, 0.1) is 18.9 Å². The van der Waals surface area contributed by atoms with Crippen LogP contribution >= 0.6 is 0 Å². The zero-order valence-electron chi connectivity index (χ0n) is 17.4. The minimum Gasteiger partial charge on any atom is -0.378 e. The first kappa shape index (κ1) is 19.8. The number of nitrogens with zero attached hydrogens (tertiary/aromatic N) is 8. The van der Waals surface area contributed by atoms with Gasteiger partial charge in [-0.25, -0.2) is 4.98 Å². The highest BCUT2D eigenvalue weighted by Crippen LogP contribution is 2.29. The van der Waals surface area contributed by atoms with Crippen LogP contribution in [0.15, 0.2) is 53.2 Å². The van der Waals surface area contributed by atoms with Crippen LogP contribution in [-0.2, 0) is 4.74 Å². The maximum absolute atomic E-state index is 5.95. The Morgan fingerprint density at radius 3 is 2.56 bits per heavy atom. The Morgan fingerprint density at radius 2 is 1.75 bits per heavy atom. The number of benzene rings is 1. The molecular formula is C21H21N9O2. The first-order valence-corrected chi connectivity index (χ1v) is 10.1. The minimum absolute atomic E-state index is 0.0611. The lowest BCUT2D eigenvalue weighted by molar-refractivity contribution is 0.122. The van der Waals surface area contributed by atoms with E-state index in [1.807, 2.05) is 49.5 Å². The van der Waals surface area contributed by atoms with E-state index in [0.717, 1.165) is 24.5 Å². The molecule has 11 nitrogen and oxygen atoms in total. The average molecular weight is 431 g/mol. The van der Waals surface area contributed by atoms with Gasteiger partial charge < -0.3 is 24.8 Å². The standard InChI is InChI=1S/C21H21N9O2/c1-29(14-6-3-2-4-7-14)21-26-17(25-20(22)27-21)18-24-19(32-28-18)16-15(8-5-9-23-16)30-10-12-31-13-11-30/h2-9H,10-13H2,1H3,(H2,22,25,26,27). The highest BCUT2D eigenvalue weighted by atomic mass is 16.5. The normalized spacial score (nSPS) is 13.8. The van der Waals surface area contributed by atoms with E-state index in [0.29, 0.717) is 24.9 Å². The third kappa shape index (κ3) is 3.93. The quantitative estimate of drug-likeness (QED) is 0.498. The van der Waals surface area contributed by atoms with Gasteiger partial charge in [0.2, 0.25) is 23.5 Å². The number of morpholine rings is 1. The molecule has 3 aromatic heterocycles. The van der Waals surface area contributed by atoms with Gasteiger partial charge in [0, 0.05) is 32.0 Å². The van der Waals surface area contributed by atoms with Crippen molar-refractivity contribution < 1.29 is 9.26 Å². The summed E-state index contributed by atoms with van der Waals surface area (Å²) in [6, 6.07) is 13.5. The summed E-state index contributed by atoms with van der Waals surface area (Å²) in [5, 5.41) is 4.07. The van der Waals surface area contributed by atoms with E-state index in [4.69, 9.17) is 15.0 Å². The third-order valence-electron chi connectivity index (χ3n) is 5.05. The van der Waals surface area contributed by atoms with Gasteiger partial charge >= 0.3 is 0 Å². The molecule has 32 heavy (non-hydrogen) atoms. The fourth-order valence-corrected chi connectivity index (χ4v) is 3.43. The molecule has 1 aliphatic rings. The molecule has 1 aromatic carbocycles. The number of nitrogens with two attached hydrogens (primary N) is 1. The Labute approximate surface area is 183 Å². The van der Waals surface area contributed by atoms with Gasteiger partial charge in [0.25, 0.3) is 5.89 Å². The lowest BCUT2D eigenvalue weighted by Gasteiger charge is -2.29. The predicted octanol–water partition coefficient (Wildman–Crippen LogP) is 2.17. The van der Waals surface area contributed by atoms with Crippen LogP contribution in [0.4, 0.5) is 23.3 Å². The molecule has 1 saturated heterocycles. The molecule has 4 heterocycles.